The topological polar surface area (TPSA) is 47.3 Å². The fourth-order valence-electron chi connectivity index (χ4n) is 1.15. The van der Waals surface area contributed by atoms with Gasteiger partial charge in [-0.15, -0.1) is 0 Å². The van der Waals surface area contributed by atoms with Crippen molar-refractivity contribution in [3.63, 3.8) is 0 Å². The van der Waals surface area contributed by atoms with Gasteiger partial charge in [0.15, 0.2) is 11.6 Å². The summed E-state index contributed by atoms with van der Waals surface area (Å²) in [5, 5.41) is 3.12. The quantitative estimate of drug-likeness (QED) is 0.690. The van der Waals surface area contributed by atoms with Gasteiger partial charge in [-0.05, 0) is 17.7 Å². The van der Waals surface area contributed by atoms with Crippen LogP contribution in [0.25, 0.3) is 0 Å². The number of hydrogen-bond donors (Lipinski definition) is 2. The van der Waals surface area contributed by atoms with E-state index in [4.69, 9.17) is 10.5 Å². The Morgan fingerprint density at radius 1 is 1.50 bits per heavy atom. The number of nitrogens with one attached hydrogen (secondary N) is 1. The predicted molar refractivity (Wildman–Crippen MR) is 53.7 cm³/mol. The van der Waals surface area contributed by atoms with Gasteiger partial charge in [0.05, 0.1) is 7.11 Å². The Bertz CT molecular complexity index is 291. The van der Waals surface area contributed by atoms with Crippen LogP contribution in [0.2, 0.25) is 0 Å². The lowest BCUT2D eigenvalue weighted by molar-refractivity contribution is 0.385. The minimum absolute atomic E-state index is 0.275. The number of benzene rings is 1. The summed E-state index contributed by atoms with van der Waals surface area (Å²) >= 11 is 0. The van der Waals surface area contributed by atoms with Crippen LogP contribution in [0.3, 0.4) is 0 Å². The third-order valence-electron chi connectivity index (χ3n) is 1.87. The van der Waals surface area contributed by atoms with Gasteiger partial charge in [0.25, 0.3) is 0 Å². The molecule has 0 radical (unpaired) electrons. The average Bonchev–Trinajstić information content (AvgIpc) is 2.21. The number of halogens is 1. The Morgan fingerprint density at radius 3 is 2.93 bits per heavy atom. The molecular weight excluding hydrogens is 183 g/mol. The van der Waals surface area contributed by atoms with E-state index < -0.39 is 0 Å². The molecule has 0 aliphatic heterocycles. The zero-order valence-corrected chi connectivity index (χ0v) is 8.22. The van der Waals surface area contributed by atoms with Gasteiger partial charge in [0.1, 0.15) is 0 Å². The highest BCUT2D eigenvalue weighted by atomic mass is 19.1. The summed E-state index contributed by atoms with van der Waals surface area (Å²) in [4.78, 5) is 0. The number of ether oxygens (including phenoxy) is 1. The SMILES string of the molecule is COc1cc(CNCCN)ccc1F. The van der Waals surface area contributed by atoms with Crippen LogP contribution in [0.15, 0.2) is 18.2 Å². The Kier molecular flexibility index (Phi) is 4.35. The van der Waals surface area contributed by atoms with E-state index in [9.17, 15) is 4.39 Å². The van der Waals surface area contributed by atoms with Crippen LogP contribution in [0.5, 0.6) is 5.75 Å². The second-order valence-electron chi connectivity index (χ2n) is 2.93. The predicted octanol–water partition coefficient (Wildman–Crippen LogP) is 0.883. The van der Waals surface area contributed by atoms with Gasteiger partial charge in [-0.3, -0.25) is 0 Å². The number of methoxy groups -OCH3 is 1. The summed E-state index contributed by atoms with van der Waals surface area (Å²) in [6.45, 7) is 2.02. The van der Waals surface area contributed by atoms with E-state index in [0.29, 0.717) is 13.1 Å². The average molecular weight is 198 g/mol. The van der Waals surface area contributed by atoms with Crippen molar-refractivity contribution in [2.45, 2.75) is 6.54 Å². The Labute approximate surface area is 83.1 Å². The molecule has 0 saturated heterocycles. The number of nitrogens with two attached hydrogens (primary N) is 1. The van der Waals surface area contributed by atoms with E-state index in [1.807, 2.05) is 0 Å². The fraction of sp³-hybridized carbons (Fsp3) is 0.400. The zero-order chi connectivity index (χ0) is 10.4. The molecule has 0 amide bonds. The molecule has 0 aliphatic carbocycles. The lowest BCUT2D eigenvalue weighted by Crippen LogP contribution is -2.21. The summed E-state index contributed by atoms with van der Waals surface area (Å²) < 4.78 is 17.9. The van der Waals surface area contributed by atoms with E-state index in [-0.39, 0.29) is 11.6 Å². The summed E-state index contributed by atoms with van der Waals surface area (Å²) in [7, 11) is 1.45. The highest BCUT2D eigenvalue weighted by Crippen LogP contribution is 2.17. The second kappa shape index (κ2) is 5.57. The standard InChI is InChI=1S/C10H15FN2O/c1-14-10-6-8(2-3-9(10)11)7-13-5-4-12/h2-3,6,13H,4-5,7,12H2,1H3. The van der Waals surface area contributed by atoms with Gasteiger partial charge in [-0.2, -0.15) is 0 Å². The van der Waals surface area contributed by atoms with Crippen molar-refractivity contribution in [2.75, 3.05) is 20.2 Å². The second-order valence-corrected chi connectivity index (χ2v) is 2.93. The first-order valence-electron chi connectivity index (χ1n) is 4.51. The molecule has 78 valence electrons. The maximum absolute atomic E-state index is 13.0. The smallest absolute Gasteiger partial charge is 0.165 e. The van der Waals surface area contributed by atoms with Crippen molar-refractivity contribution < 1.29 is 9.13 Å². The molecule has 0 heterocycles. The third-order valence-corrected chi connectivity index (χ3v) is 1.87. The first kappa shape index (κ1) is 10.9. The van der Waals surface area contributed by atoms with Gasteiger partial charge in [0, 0.05) is 19.6 Å². The molecule has 0 aliphatic rings. The molecule has 0 atom stereocenters. The third kappa shape index (κ3) is 2.97. The molecule has 0 bridgehead atoms. The van der Waals surface area contributed by atoms with Crippen molar-refractivity contribution >= 4 is 0 Å². The van der Waals surface area contributed by atoms with Crippen molar-refractivity contribution in [2.24, 2.45) is 5.73 Å². The summed E-state index contributed by atoms with van der Waals surface area (Å²) in [6, 6.07) is 4.80. The van der Waals surface area contributed by atoms with Gasteiger partial charge in [-0.1, -0.05) is 6.07 Å². The van der Waals surface area contributed by atoms with Crippen LogP contribution >= 0.6 is 0 Å². The molecule has 4 heteroatoms. The molecule has 3 N–H and O–H groups in total. The van der Waals surface area contributed by atoms with Crippen molar-refractivity contribution in [1.82, 2.24) is 5.32 Å². The van der Waals surface area contributed by atoms with Gasteiger partial charge in [-0.25, -0.2) is 4.39 Å². The molecule has 1 aromatic rings. The van der Waals surface area contributed by atoms with Crippen molar-refractivity contribution in [1.29, 1.82) is 0 Å². The fourth-order valence-corrected chi connectivity index (χ4v) is 1.15. The molecule has 0 saturated carbocycles. The Morgan fingerprint density at radius 2 is 2.29 bits per heavy atom. The van der Waals surface area contributed by atoms with Crippen LogP contribution in [0, 0.1) is 5.82 Å². The monoisotopic (exact) mass is 198 g/mol. The van der Waals surface area contributed by atoms with Gasteiger partial charge < -0.3 is 15.8 Å². The highest BCUT2D eigenvalue weighted by molar-refractivity contribution is 5.30. The maximum Gasteiger partial charge on any atom is 0.165 e. The molecule has 0 fully saturated rings. The molecule has 3 nitrogen and oxygen atoms in total. The van der Waals surface area contributed by atoms with E-state index in [1.54, 1.807) is 12.1 Å². The molecular formula is C10H15FN2O. The van der Waals surface area contributed by atoms with Crippen LogP contribution in [-0.4, -0.2) is 20.2 Å². The molecule has 1 rings (SSSR count). The lowest BCUT2D eigenvalue weighted by Gasteiger charge is -2.06. The van der Waals surface area contributed by atoms with Gasteiger partial charge >= 0.3 is 0 Å². The van der Waals surface area contributed by atoms with Gasteiger partial charge in [0.2, 0.25) is 0 Å². The highest BCUT2D eigenvalue weighted by Gasteiger charge is 2.02. The first-order valence-corrected chi connectivity index (χ1v) is 4.51. The summed E-state index contributed by atoms with van der Waals surface area (Å²) in [6.07, 6.45) is 0. The minimum Gasteiger partial charge on any atom is -0.494 e. The van der Waals surface area contributed by atoms with Crippen LogP contribution < -0.4 is 15.8 Å². The molecule has 0 unspecified atom stereocenters. The largest absolute Gasteiger partial charge is 0.494 e. The Balaban J connectivity index is 2.60. The minimum atomic E-state index is -0.338. The Hall–Kier alpha value is -1.13. The number of rotatable bonds is 5. The first-order chi connectivity index (χ1) is 6.77. The van der Waals surface area contributed by atoms with Crippen LogP contribution in [0.4, 0.5) is 4.39 Å². The lowest BCUT2D eigenvalue weighted by atomic mass is 10.2. The van der Waals surface area contributed by atoms with Crippen molar-refractivity contribution in [3.05, 3.63) is 29.6 Å². The normalized spacial score (nSPS) is 10.2. The number of hydrogen-bond acceptors (Lipinski definition) is 3. The van der Waals surface area contributed by atoms with E-state index in [1.165, 1.54) is 13.2 Å². The van der Waals surface area contributed by atoms with E-state index >= 15 is 0 Å². The van der Waals surface area contributed by atoms with Crippen LogP contribution in [-0.2, 0) is 6.54 Å². The van der Waals surface area contributed by atoms with E-state index in [0.717, 1.165) is 12.1 Å². The molecule has 0 aromatic heterocycles. The molecule has 1 aromatic carbocycles. The van der Waals surface area contributed by atoms with E-state index in [2.05, 4.69) is 5.32 Å². The zero-order valence-electron chi connectivity index (χ0n) is 8.22. The summed E-state index contributed by atoms with van der Waals surface area (Å²) in [5.74, 6) is -0.0628. The van der Waals surface area contributed by atoms with Crippen LogP contribution in [0.1, 0.15) is 5.56 Å². The summed E-state index contributed by atoms with van der Waals surface area (Å²) in [5.41, 5.74) is 6.31. The molecule has 0 spiro atoms. The molecule has 14 heavy (non-hydrogen) atoms. The van der Waals surface area contributed by atoms with Crippen molar-refractivity contribution in [3.8, 4) is 5.75 Å². The maximum atomic E-state index is 13.0.